The molecule has 4 nitrogen and oxygen atoms in total. The molecule has 0 saturated heterocycles. The predicted molar refractivity (Wildman–Crippen MR) is 63.1 cm³/mol. The number of aliphatic carboxylic acids is 1. The number of hydrogen-bond acceptors (Lipinski definition) is 3. The van der Waals surface area contributed by atoms with Crippen LogP contribution in [0.25, 0.3) is 0 Å². The average Bonchev–Trinajstić information content (AvgIpc) is 2.17. The number of carboxylic acid groups (broad SMARTS) is 1. The first kappa shape index (κ1) is 12.6. The number of carbonyl (C=O) groups is 1. The van der Waals surface area contributed by atoms with Gasteiger partial charge >= 0.3 is 5.97 Å². The highest BCUT2D eigenvalue weighted by Crippen LogP contribution is 2.30. The fraction of sp³-hybridized carbons (Fsp3) is 0.364. The van der Waals surface area contributed by atoms with E-state index in [1.807, 2.05) is 6.07 Å². The number of nitrogens with two attached hydrogens (primary N) is 1. The largest absolute Gasteiger partial charge is 0.490 e. The van der Waals surface area contributed by atoms with Gasteiger partial charge < -0.3 is 15.6 Å². The molecule has 16 heavy (non-hydrogen) atoms. The quantitative estimate of drug-likeness (QED) is 0.778. The number of halogens is 1. The number of fused-ring (bicyclic) bond motifs is 1. The van der Waals surface area contributed by atoms with E-state index in [-0.39, 0.29) is 24.9 Å². The third-order valence-electron chi connectivity index (χ3n) is 2.52. The molecule has 2 rings (SSSR count). The molecule has 3 N–H and O–H groups in total. The van der Waals surface area contributed by atoms with Gasteiger partial charge in [0.05, 0.1) is 6.42 Å². The van der Waals surface area contributed by atoms with E-state index in [1.54, 1.807) is 12.1 Å². The lowest BCUT2D eigenvalue weighted by Crippen LogP contribution is -2.25. The summed E-state index contributed by atoms with van der Waals surface area (Å²) in [5.74, 6) is -0.0550. The number of anilines is 1. The van der Waals surface area contributed by atoms with Crippen molar-refractivity contribution in [3.8, 4) is 5.75 Å². The Hall–Kier alpha value is -1.42. The molecule has 1 aliphatic rings. The van der Waals surface area contributed by atoms with Crippen molar-refractivity contribution in [3.05, 3.63) is 23.8 Å². The lowest BCUT2D eigenvalue weighted by Gasteiger charge is -2.25. The Labute approximate surface area is 99.8 Å². The van der Waals surface area contributed by atoms with Gasteiger partial charge in [0.1, 0.15) is 11.9 Å². The SMILES string of the molecule is Cl.Nc1ccc2c(c1)CC[C@H](CC(=O)O)O2. The van der Waals surface area contributed by atoms with Crippen molar-refractivity contribution in [1.29, 1.82) is 0 Å². The molecular formula is C11H14ClNO3. The van der Waals surface area contributed by atoms with E-state index < -0.39 is 5.97 Å². The van der Waals surface area contributed by atoms with Gasteiger partial charge in [-0.15, -0.1) is 12.4 Å². The van der Waals surface area contributed by atoms with Crippen LogP contribution >= 0.6 is 12.4 Å². The summed E-state index contributed by atoms with van der Waals surface area (Å²) in [6, 6.07) is 5.45. The van der Waals surface area contributed by atoms with Crippen LogP contribution in [-0.2, 0) is 11.2 Å². The summed E-state index contributed by atoms with van der Waals surface area (Å²) >= 11 is 0. The third-order valence-corrected chi connectivity index (χ3v) is 2.52. The van der Waals surface area contributed by atoms with Crippen LogP contribution in [0.1, 0.15) is 18.4 Å². The number of rotatable bonds is 2. The predicted octanol–water partition coefficient (Wildman–Crippen LogP) is 1.86. The highest BCUT2D eigenvalue weighted by atomic mass is 35.5. The molecule has 1 aliphatic heterocycles. The molecule has 0 unspecified atom stereocenters. The average molecular weight is 244 g/mol. The maximum Gasteiger partial charge on any atom is 0.307 e. The number of aryl methyl sites for hydroxylation is 1. The van der Waals surface area contributed by atoms with Crippen LogP contribution in [0.2, 0.25) is 0 Å². The summed E-state index contributed by atoms with van der Waals surface area (Å²) in [5.41, 5.74) is 7.43. The summed E-state index contributed by atoms with van der Waals surface area (Å²) in [6.45, 7) is 0. The van der Waals surface area contributed by atoms with Gasteiger partial charge in [0.25, 0.3) is 0 Å². The van der Waals surface area contributed by atoms with E-state index in [9.17, 15) is 4.79 Å². The Balaban J connectivity index is 0.00000128. The molecule has 1 aromatic carbocycles. The maximum absolute atomic E-state index is 10.5. The van der Waals surface area contributed by atoms with E-state index in [0.717, 1.165) is 24.2 Å². The van der Waals surface area contributed by atoms with Crippen LogP contribution in [-0.4, -0.2) is 17.2 Å². The van der Waals surface area contributed by atoms with Gasteiger partial charge in [0.15, 0.2) is 0 Å². The summed E-state index contributed by atoms with van der Waals surface area (Å²) in [6.07, 6.45) is 1.42. The van der Waals surface area contributed by atoms with Gasteiger partial charge in [-0.05, 0) is 36.6 Å². The topological polar surface area (TPSA) is 72.6 Å². The summed E-state index contributed by atoms with van der Waals surface area (Å²) in [4.78, 5) is 10.5. The molecule has 88 valence electrons. The fourth-order valence-electron chi connectivity index (χ4n) is 1.80. The third kappa shape index (κ3) is 2.79. The molecule has 0 radical (unpaired) electrons. The van der Waals surface area contributed by atoms with Gasteiger partial charge in [-0.2, -0.15) is 0 Å². The Morgan fingerprint density at radius 1 is 1.56 bits per heavy atom. The lowest BCUT2D eigenvalue weighted by atomic mass is 10.00. The van der Waals surface area contributed by atoms with Gasteiger partial charge in [-0.3, -0.25) is 4.79 Å². The molecule has 5 heteroatoms. The van der Waals surface area contributed by atoms with Crippen molar-refractivity contribution >= 4 is 24.1 Å². The van der Waals surface area contributed by atoms with Crippen molar-refractivity contribution in [3.63, 3.8) is 0 Å². The standard InChI is InChI=1S/C11H13NO3.ClH/c12-8-2-4-10-7(5-8)1-3-9(15-10)6-11(13)14;/h2,4-5,9H,1,3,6,12H2,(H,13,14);1H/t9-;/m1./s1. The minimum absolute atomic E-state index is 0. The monoisotopic (exact) mass is 243 g/mol. The first-order valence-corrected chi connectivity index (χ1v) is 4.92. The number of benzene rings is 1. The first-order valence-electron chi connectivity index (χ1n) is 4.92. The lowest BCUT2D eigenvalue weighted by molar-refractivity contribution is -0.139. The molecule has 0 bridgehead atoms. The van der Waals surface area contributed by atoms with Crippen molar-refractivity contribution in [2.45, 2.75) is 25.4 Å². The maximum atomic E-state index is 10.5. The minimum Gasteiger partial charge on any atom is -0.490 e. The van der Waals surface area contributed by atoms with Crippen molar-refractivity contribution in [1.82, 2.24) is 0 Å². The Morgan fingerprint density at radius 3 is 3.00 bits per heavy atom. The molecular weight excluding hydrogens is 230 g/mol. The van der Waals surface area contributed by atoms with Gasteiger partial charge in [-0.25, -0.2) is 0 Å². The zero-order chi connectivity index (χ0) is 10.8. The summed E-state index contributed by atoms with van der Waals surface area (Å²) in [5, 5.41) is 8.66. The minimum atomic E-state index is -0.820. The van der Waals surface area contributed by atoms with E-state index in [2.05, 4.69) is 0 Å². The van der Waals surface area contributed by atoms with Gasteiger partial charge in [0, 0.05) is 5.69 Å². The van der Waals surface area contributed by atoms with Crippen LogP contribution in [0, 0.1) is 0 Å². The number of nitrogen functional groups attached to an aromatic ring is 1. The van der Waals surface area contributed by atoms with Crippen molar-refractivity contribution in [2.24, 2.45) is 0 Å². The molecule has 0 spiro atoms. The van der Waals surface area contributed by atoms with E-state index in [0.29, 0.717) is 5.69 Å². The van der Waals surface area contributed by atoms with Crippen LogP contribution in [0.5, 0.6) is 5.75 Å². The van der Waals surface area contributed by atoms with Gasteiger partial charge in [-0.1, -0.05) is 0 Å². The summed E-state index contributed by atoms with van der Waals surface area (Å²) < 4.78 is 5.56. The molecule has 0 fully saturated rings. The van der Waals surface area contributed by atoms with Crippen molar-refractivity contribution in [2.75, 3.05) is 5.73 Å². The zero-order valence-electron chi connectivity index (χ0n) is 8.68. The molecule has 0 saturated carbocycles. The molecule has 0 aromatic heterocycles. The second kappa shape index (κ2) is 5.07. The van der Waals surface area contributed by atoms with Crippen LogP contribution in [0.3, 0.4) is 0 Å². The molecule has 1 aromatic rings. The van der Waals surface area contributed by atoms with Crippen LogP contribution in [0.4, 0.5) is 5.69 Å². The summed E-state index contributed by atoms with van der Waals surface area (Å²) in [7, 11) is 0. The zero-order valence-corrected chi connectivity index (χ0v) is 9.50. The molecule has 0 amide bonds. The second-order valence-electron chi connectivity index (χ2n) is 3.74. The number of hydrogen-bond donors (Lipinski definition) is 2. The number of carboxylic acids is 1. The van der Waals surface area contributed by atoms with E-state index in [4.69, 9.17) is 15.6 Å². The molecule has 0 aliphatic carbocycles. The van der Waals surface area contributed by atoms with E-state index in [1.165, 1.54) is 0 Å². The van der Waals surface area contributed by atoms with Crippen molar-refractivity contribution < 1.29 is 14.6 Å². The first-order chi connectivity index (χ1) is 7.15. The molecule has 1 atom stereocenters. The van der Waals surface area contributed by atoms with Crippen LogP contribution < -0.4 is 10.5 Å². The Kier molecular flexibility index (Phi) is 4.01. The Bertz CT molecular complexity index is 395. The highest BCUT2D eigenvalue weighted by Gasteiger charge is 2.21. The highest BCUT2D eigenvalue weighted by molar-refractivity contribution is 5.85. The fourth-order valence-corrected chi connectivity index (χ4v) is 1.80. The second-order valence-corrected chi connectivity index (χ2v) is 3.74. The molecule has 1 heterocycles. The normalized spacial score (nSPS) is 17.9. The number of ether oxygens (including phenoxy) is 1. The Morgan fingerprint density at radius 2 is 2.31 bits per heavy atom. The van der Waals surface area contributed by atoms with Gasteiger partial charge in [0.2, 0.25) is 0 Å². The smallest absolute Gasteiger partial charge is 0.307 e. The van der Waals surface area contributed by atoms with Crippen LogP contribution in [0.15, 0.2) is 18.2 Å². The van der Waals surface area contributed by atoms with E-state index >= 15 is 0 Å².